The Kier molecular flexibility index (Phi) is 3.48. The molecule has 17 heavy (non-hydrogen) atoms. The van der Waals surface area contributed by atoms with E-state index in [1.165, 1.54) is 5.56 Å². The lowest BCUT2D eigenvalue weighted by Gasteiger charge is -2.05. The Labute approximate surface area is 103 Å². The summed E-state index contributed by atoms with van der Waals surface area (Å²) in [7, 11) is 0. The van der Waals surface area contributed by atoms with Gasteiger partial charge < -0.3 is 10.3 Å². The van der Waals surface area contributed by atoms with Gasteiger partial charge in [-0.05, 0) is 17.5 Å². The second kappa shape index (κ2) is 4.88. The predicted octanol–water partition coefficient (Wildman–Crippen LogP) is 3.18. The van der Waals surface area contributed by atoms with Gasteiger partial charge in [0.05, 0.1) is 17.6 Å². The lowest BCUT2D eigenvalue weighted by Crippen LogP contribution is -2.22. The number of H-pyrrole nitrogens is 1. The molecule has 0 spiro atoms. The number of aromatic nitrogens is 2. The Morgan fingerprint density at radius 1 is 1.24 bits per heavy atom. The Balaban J connectivity index is 2.33. The Morgan fingerprint density at radius 3 is 2.65 bits per heavy atom. The highest BCUT2D eigenvalue weighted by Gasteiger charge is 2.09. The first-order chi connectivity index (χ1) is 8.08. The summed E-state index contributed by atoms with van der Waals surface area (Å²) < 4.78 is 0. The molecule has 1 aromatic carbocycles. The number of rotatable bonds is 4. The largest absolute Gasteiger partial charge is 0.341 e. The summed E-state index contributed by atoms with van der Waals surface area (Å²) in [5.74, 6) is 1.52. The smallest absolute Gasteiger partial charge is 0.121 e. The molecular formula is C14H21N3. The van der Waals surface area contributed by atoms with Gasteiger partial charge in [0.15, 0.2) is 0 Å². The minimum atomic E-state index is 0.479. The van der Waals surface area contributed by atoms with Crippen molar-refractivity contribution in [2.45, 2.75) is 46.2 Å². The van der Waals surface area contributed by atoms with E-state index in [0.29, 0.717) is 12.0 Å². The first-order valence-corrected chi connectivity index (χ1v) is 6.29. The third-order valence-corrected chi connectivity index (χ3v) is 2.89. The molecule has 3 nitrogen and oxygen atoms in total. The maximum Gasteiger partial charge on any atom is 0.121 e. The Bertz CT molecular complexity index is 497. The molecule has 0 fully saturated rings. The van der Waals surface area contributed by atoms with Crippen LogP contribution in [-0.4, -0.2) is 16.0 Å². The molecule has 2 rings (SSSR count). The molecule has 0 aliphatic heterocycles. The van der Waals surface area contributed by atoms with E-state index >= 15 is 0 Å². The molecule has 1 aromatic heterocycles. The van der Waals surface area contributed by atoms with Gasteiger partial charge in [0.2, 0.25) is 0 Å². The summed E-state index contributed by atoms with van der Waals surface area (Å²) >= 11 is 0. The zero-order valence-electron chi connectivity index (χ0n) is 11.0. The van der Waals surface area contributed by atoms with Gasteiger partial charge in [-0.25, -0.2) is 4.98 Å². The number of nitrogens with zero attached hydrogens (tertiary/aromatic N) is 1. The third kappa shape index (κ3) is 2.67. The van der Waals surface area contributed by atoms with Gasteiger partial charge >= 0.3 is 0 Å². The van der Waals surface area contributed by atoms with E-state index in [2.05, 4.69) is 61.2 Å². The van der Waals surface area contributed by atoms with E-state index in [9.17, 15) is 0 Å². The number of hydrogen-bond donors (Lipinski definition) is 2. The maximum atomic E-state index is 4.69. The number of aromatic amines is 1. The van der Waals surface area contributed by atoms with Crippen LogP contribution in [0.5, 0.6) is 0 Å². The standard InChI is InChI=1S/C14H21N3/c1-9(2)11-6-5-7-12-14(11)17-13(16-12)8-15-10(3)4/h5-7,9-10,15H,8H2,1-4H3,(H,16,17). The molecule has 0 aliphatic carbocycles. The van der Waals surface area contributed by atoms with Crippen LogP contribution in [0.25, 0.3) is 11.0 Å². The molecule has 92 valence electrons. The van der Waals surface area contributed by atoms with E-state index in [1.54, 1.807) is 0 Å². The molecule has 0 saturated heterocycles. The molecule has 0 atom stereocenters. The van der Waals surface area contributed by atoms with Crippen LogP contribution in [0.15, 0.2) is 18.2 Å². The lowest BCUT2D eigenvalue weighted by molar-refractivity contribution is 0.576. The highest BCUT2D eigenvalue weighted by Crippen LogP contribution is 2.23. The number of imidazole rings is 1. The molecule has 0 saturated carbocycles. The minimum absolute atomic E-state index is 0.479. The molecule has 3 heteroatoms. The van der Waals surface area contributed by atoms with E-state index < -0.39 is 0 Å². The first kappa shape index (κ1) is 12.1. The summed E-state index contributed by atoms with van der Waals surface area (Å²) in [6.45, 7) is 9.49. The Hall–Kier alpha value is -1.35. The van der Waals surface area contributed by atoms with Gasteiger partial charge in [0.1, 0.15) is 5.82 Å². The van der Waals surface area contributed by atoms with Crippen LogP contribution in [0.4, 0.5) is 0 Å². The van der Waals surface area contributed by atoms with Crippen LogP contribution >= 0.6 is 0 Å². The van der Waals surface area contributed by atoms with Crippen molar-refractivity contribution in [1.29, 1.82) is 0 Å². The van der Waals surface area contributed by atoms with Crippen molar-refractivity contribution in [2.75, 3.05) is 0 Å². The van der Waals surface area contributed by atoms with Crippen molar-refractivity contribution in [1.82, 2.24) is 15.3 Å². The van der Waals surface area contributed by atoms with Crippen LogP contribution in [-0.2, 0) is 6.54 Å². The fourth-order valence-electron chi connectivity index (χ4n) is 1.96. The van der Waals surface area contributed by atoms with Crippen molar-refractivity contribution in [3.8, 4) is 0 Å². The summed E-state index contributed by atoms with van der Waals surface area (Å²) in [6.07, 6.45) is 0. The van der Waals surface area contributed by atoms with Crippen LogP contribution in [0.1, 0.15) is 45.0 Å². The molecular weight excluding hydrogens is 210 g/mol. The zero-order valence-corrected chi connectivity index (χ0v) is 11.0. The molecule has 2 N–H and O–H groups in total. The fraction of sp³-hybridized carbons (Fsp3) is 0.500. The van der Waals surface area contributed by atoms with Crippen molar-refractivity contribution < 1.29 is 0 Å². The van der Waals surface area contributed by atoms with Gasteiger partial charge in [-0.15, -0.1) is 0 Å². The van der Waals surface area contributed by atoms with Crippen molar-refractivity contribution in [3.63, 3.8) is 0 Å². The first-order valence-electron chi connectivity index (χ1n) is 6.29. The highest BCUT2D eigenvalue weighted by atomic mass is 15.0. The van der Waals surface area contributed by atoms with E-state index in [0.717, 1.165) is 23.4 Å². The van der Waals surface area contributed by atoms with E-state index in [4.69, 9.17) is 0 Å². The van der Waals surface area contributed by atoms with Crippen molar-refractivity contribution >= 4 is 11.0 Å². The topological polar surface area (TPSA) is 40.7 Å². The molecule has 0 unspecified atom stereocenters. The number of fused-ring (bicyclic) bond motifs is 1. The maximum absolute atomic E-state index is 4.69. The van der Waals surface area contributed by atoms with Crippen LogP contribution < -0.4 is 5.32 Å². The zero-order chi connectivity index (χ0) is 12.4. The molecule has 1 heterocycles. The van der Waals surface area contributed by atoms with Crippen LogP contribution in [0, 0.1) is 0 Å². The number of benzene rings is 1. The van der Waals surface area contributed by atoms with Gasteiger partial charge in [-0.1, -0.05) is 39.8 Å². The molecule has 2 aromatic rings. The van der Waals surface area contributed by atoms with Crippen LogP contribution in [0.2, 0.25) is 0 Å². The van der Waals surface area contributed by atoms with E-state index in [-0.39, 0.29) is 0 Å². The Morgan fingerprint density at radius 2 is 2.00 bits per heavy atom. The minimum Gasteiger partial charge on any atom is -0.341 e. The molecule has 0 aliphatic rings. The fourth-order valence-corrected chi connectivity index (χ4v) is 1.96. The van der Waals surface area contributed by atoms with E-state index in [1.807, 2.05) is 0 Å². The SMILES string of the molecule is CC(C)NCc1nc2c(C(C)C)cccc2[nH]1. The summed E-state index contributed by atoms with van der Waals surface area (Å²) in [4.78, 5) is 8.06. The molecule has 0 radical (unpaired) electrons. The van der Waals surface area contributed by atoms with Crippen molar-refractivity contribution in [3.05, 3.63) is 29.6 Å². The predicted molar refractivity (Wildman–Crippen MR) is 72.2 cm³/mol. The molecule has 0 amide bonds. The average molecular weight is 231 g/mol. The lowest BCUT2D eigenvalue weighted by atomic mass is 10.0. The molecule has 0 bridgehead atoms. The normalized spacial score (nSPS) is 11.9. The average Bonchev–Trinajstić information content (AvgIpc) is 2.68. The number of nitrogens with one attached hydrogen (secondary N) is 2. The number of hydrogen-bond acceptors (Lipinski definition) is 2. The van der Waals surface area contributed by atoms with Gasteiger partial charge in [-0.2, -0.15) is 0 Å². The summed E-state index contributed by atoms with van der Waals surface area (Å²) in [5, 5.41) is 3.38. The van der Waals surface area contributed by atoms with Gasteiger partial charge in [-0.3, -0.25) is 0 Å². The summed E-state index contributed by atoms with van der Waals surface area (Å²) in [6, 6.07) is 6.82. The van der Waals surface area contributed by atoms with Gasteiger partial charge in [0, 0.05) is 6.04 Å². The van der Waals surface area contributed by atoms with Gasteiger partial charge in [0.25, 0.3) is 0 Å². The third-order valence-electron chi connectivity index (χ3n) is 2.89. The second-order valence-electron chi connectivity index (χ2n) is 5.12. The summed E-state index contributed by atoms with van der Waals surface area (Å²) in [5.41, 5.74) is 3.56. The highest BCUT2D eigenvalue weighted by molar-refractivity contribution is 5.79. The second-order valence-corrected chi connectivity index (χ2v) is 5.12. The quantitative estimate of drug-likeness (QED) is 0.848. The van der Waals surface area contributed by atoms with Crippen LogP contribution in [0.3, 0.4) is 0 Å². The number of para-hydroxylation sites is 1. The monoisotopic (exact) mass is 231 g/mol. The van der Waals surface area contributed by atoms with Crippen molar-refractivity contribution in [2.24, 2.45) is 0 Å².